The fraction of sp³-hybridized carbons (Fsp3) is 0.778. The van der Waals surface area contributed by atoms with Crippen molar-refractivity contribution in [2.75, 3.05) is 26.2 Å². The molecular weight excluding hydrogens is 491 g/mol. The Morgan fingerprint density at radius 1 is 0.680 bits per heavy atom. The Hall–Kier alpha value is 1.02. The average Bonchev–Trinajstić information content (AvgIpc) is 2.57. The first kappa shape index (κ1) is 36.9. The van der Waals surface area contributed by atoms with E-state index >= 15 is 0 Å². The number of thiocarbonyl (C=S) groups is 2. The number of rotatable bonds is 6. The van der Waals surface area contributed by atoms with Gasteiger partial charge in [-0.05, 0) is 27.7 Å². The van der Waals surface area contributed by atoms with Gasteiger partial charge in [0, 0.05) is 26.2 Å². The number of unbranched alkanes of at least 4 members (excludes halogenated alkanes) is 2. The van der Waals surface area contributed by atoms with Crippen LogP contribution in [0, 0.1) is 13.8 Å². The Labute approximate surface area is 198 Å². The zero-order valence-corrected chi connectivity index (χ0v) is 23.2. The summed E-state index contributed by atoms with van der Waals surface area (Å²) in [5.41, 5.74) is 0. The third kappa shape index (κ3) is 36.6. The maximum Gasteiger partial charge on any atom is 2.00 e. The number of hydrogen-bond acceptors (Lipinski definition) is 4. The van der Waals surface area contributed by atoms with Gasteiger partial charge in [0.1, 0.15) is 0 Å². The molecule has 0 aromatic rings. The Balaban J connectivity index is -0.0000000739. The molecule has 4 radical (unpaired) electrons. The zero-order valence-electron chi connectivity index (χ0n) is 17.1. The van der Waals surface area contributed by atoms with E-state index in [9.17, 15) is 0 Å². The first-order valence-electron chi connectivity index (χ1n) is 8.77. The van der Waals surface area contributed by atoms with Crippen molar-refractivity contribution in [3.8, 4) is 0 Å². The van der Waals surface area contributed by atoms with E-state index in [1.165, 1.54) is 12.8 Å². The van der Waals surface area contributed by atoms with Crippen LogP contribution in [-0.2, 0) is 25.3 Å². The van der Waals surface area contributed by atoms with Crippen LogP contribution >= 0.6 is 24.4 Å². The molecule has 0 saturated carbocycles. The molecule has 0 spiro atoms. The van der Waals surface area contributed by atoms with Crippen molar-refractivity contribution in [3.63, 3.8) is 0 Å². The smallest absolute Gasteiger partial charge is 0.411 e. The fourth-order valence-electron chi connectivity index (χ4n) is 0.964. The number of nitrogens with zero attached hydrogens (tertiary/aromatic N) is 2. The summed E-state index contributed by atoms with van der Waals surface area (Å²) >= 11 is 19.0. The van der Waals surface area contributed by atoms with Crippen molar-refractivity contribution in [3.05, 3.63) is 13.8 Å². The SMILES string of the molecule is CCN(CC)C(=S)[S-].CCN(CC)C(=S)[S-].[CH2]CCC.[CH2]CCC.[Sn+2]. The van der Waals surface area contributed by atoms with Gasteiger partial charge in [0.25, 0.3) is 0 Å². The van der Waals surface area contributed by atoms with Gasteiger partial charge in [-0.1, -0.05) is 62.0 Å². The molecule has 0 fully saturated rings. The maximum absolute atomic E-state index is 4.76. The monoisotopic (exact) mass is 530 g/mol. The van der Waals surface area contributed by atoms with Crippen molar-refractivity contribution in [2.45, 2.75) is 67.2 Å². The minimum atomic E-state index is 0. The second-order valence-corrected chi connectivity index (χ2v) is 6.65. The van der Waals surface area contributed by atoms with E-state index < -0.39 is 0 Å². The molecule has 0 aliphatic rings. The van der Waals surface area contributed by atoms with Crippen molar-refractivity contribution in [2.24, 2.45) is 0 Å². The molecule has 0 unspecified atom stereocenters. The summed E-state index contributed by atoms with van der Waals surface area (Å²) in [6.45, 7) is 23.3. The van der Waals surface area contributed by atoms with Crippen LogP contribution in [0.4, 0.5) is 0 Å². The molecule has 0 N–H and O–H groups in total. The molecule has 25 heavy (non-hydrogen) atoms. The standard InChI is InChI=1S/2C5H11NS2.2C4H9.Sn/c2*1-3-6(4-2)5(7)8;2*1-3-4-2;/h2*3-4H2,1-2H3,(H,7,8);2*1,3-4H2,2H3;/q;;;;+2/p-2. The summed E-state index contributed by atoms with van der Waals surface area (Å²) in [5, 5.41) is 0. The Morgan fingerprint density at radius 3 is 0.840 bits per heavy atom. The average molecular weight is 529 g/mol. The van der Waals surface area contributed by atoms with Crippen LogP contribution in [0.3, 0.4) is 0 Å². The summed E-state index contributed by atoms with van der Waals surface area (Å²) in [7, 11) is 0. The zero-order chi connectivity index (χ0) is 20.0. The molecule has 0 heterocycles. The van der Waals surface area contributed by atoms with Gasteiger partial charge in [0.15, 0.2) is 0 Å². The molecule has 0 atom stereocenters. The van der Waals surface area contributed by atoms with E-state index in [4.69, 9.17) is 49.7 Å². The molecule has 0 aromatic carbocycles. The first-order chi connectivity index (χ1) is 11.3. The van der Waals surface area contributed by atoms with Crippen LogP contribution in [0.15, 0.2) is 0 Å². The van der Waals surface area contributed by atoms with Gasteiger partial charge in [-0.3, -0.25) is 0 Å². The van der Waals surface area contributed by atoms with E-state index in [-0.39, 0.29) is 23.9 Å². The van der Waals surface area contributed by atoms with Crippen molar-refractivity contribution in [1.29, 1.82) is 0 Å². The normalized spacial score (nSPS) is 8.00. The summed E-state index contributed by atoms with van der Waals surface area (Å²) in [5.74, 6) is 0. The van der Waals surface area contributed by atoms with Crippen molar-refractivity contribution >= 4 is 82.2 Å². The Kier molecular flexibility index (Phi) is 48.2. The van der Waals surface area contributed by atoms with E-state index in [0.29, 0.717) is 8.64 Å². The van der Waals surface area contributed by atoms with Gasteiger partial charge >= 0.3 is 23.9 Å². The minimum absolute atomic E-state index is 0. The van der Waals surface area contributed by atoms with E-state index in [0.717, 1.165) is 39.0 Å². The van der Waals surface area contributed by atoms with Gasteiger partial charge in [0.05, 0.1) is 0 Å². The predicted molar refractivity (Wildman–Crippen MR) is 132 cm³/mol. The largest absolute Gasteiger partial charge is 2.00 e. The molecule has 2 nitrogen and oxygen atoms in total. The predicted octanol–water partition coefficient (Wildman–Crippen LogP) is 5.18. The molecule has 7 heteroatoms. The summed E-state index contributed by atoms with van der Waals surface area (Å²) < 4.78 is 1.16. The van der Waals surface area contributed by atoms with Crippen LogP contribution in [0.5, 0.6) is 0 Å². The molecule has 0 bridgehead atoms. The quantitative estimate of drug-likeness (QED) is 0.264. The molecule has 0 saturated heterocycles. The van der Waals surface area contributed by atoms with E-state index in [1.54, 1.807) is 0 Å². The molecule has 0 aliphatic heterocycles. The summed E-state index contributed by atoms with van der Waals surface area (Å²) in [6.07, 6.45) is 4.56. The molecule has 148 valence electrons. The first-order valence-corrected chi connectivity index (χ1v) is 10.4. The van der Waals surface area contributed by atoms with Crippen LogP contribution in [0.2, 0.25) is 0 Å². The second-order valence-electron chi connectivity index (χ2n) is 4.58. The van der Waals surface area contributed by atoms with Crippen LogP contribution in [0.1, 0.15) is 67.2 Å². The summed E-state index contributed by atoms with van der Waals surface area (Å²) in [4.78, 5) is 3.93. The van der Waals surface area contributed by atoms with Crippen LogP contribution < -0.4 is 0 Å². The third-order valence-corrected chi connectivity index (χ3v) is 3.78. The molecule has 0 amide bonds. The summed E-state index contributed by atoms with van der Waals surface area (Å²) in [6, 6.07) is 0. The van der Waals surface area contributed by atoms with E-state index in [2.05, 4.69) is 27.7 Å². The van der Waals surface area contributed by atoms with Gasteiger partial charge in [-0.25, -0.2) is 0 Å². The third-order valence-electron chi connectivity index (χ3n) is 2.75. The number of hydrogen-bond donors (Lipinski definition) is 0. The van der Waals surface area contributed by atoms with Crippen molar-refractivity contribution < 1.29 is 0 Å². The van der Waals surface area contributed by atoms with Gasteiger partial charge in [0.2, 0.25) is 0 Å². The van der Waals surface area contributed by atoms with Crippen LogP contribution in [-0.4, -0.2) is 68.5 Å². The van der Waals surface area contributed by atoms with Gasteiger partial charge < -0.3 is 59.5 Å². The fourth-order valence-corrected chi connectivity index (χ4v) is 2.00. The molecule has 0 rings (SSSR count). The van der Waals surface area contributed by atoms with E-state index in [1.807, 2.05) is 37.5 Å². The molecule has 0 aliphatic carbocycles. The maximum atomic E-state index is 4.76. The van der Waals surface area contributed by atoms with Gasteiger partial charge in [-0.15, -0.1) is 0 Å². The van der Waals surface area contributed by atoms with Gasteiger partial charge in [-0.2, -0.15) is 0 Å². The molecular formula is C18H38N2S4Sn. The van der Waals surface area contributed by atoms with Crippen molar-refractivity contribution in [1.82, 2.24) is 9.80 Å². The Bertz CT molecular complexity index is 229. The second kappa shape index (κ2) is 32.7. The topological polar surface area (TPSA) is 6.48 Å². The Morgan fingerprint density at radius 2 is 0.840 bits per heavy atom. The minimum Gasteiger partial charge on any atom is -0.411 e. The molecule has 0 aromatic heterocycles. The van der Waals surface area contributed by atoms with Crippen LogP contribution in [0.25, 0.3) is 0 Å².